The molecule has 1 saturated carbocycles. The van der Waals surface area contributed by atoms with Crippen molar-refractivity contribution >= 4 is 41.1 Å². The second-order valence-electron chi connectivity index (χ2n) is 9.62. The number of hydrazone groups is 1. The fourth-order valence-corrected chi connectivity index (χ4v) is 4.73. The van der Waals surface area contributed by atoms with Crippen LogP contribution in [0.3, 0.4) is 0 Å². The Hall–Kier alpha value is -4.21. The third-order valence-electron chi connectivity index (χ3n) is 6.85. The number of fused-ring (bicyclic) bond motifs is 1. The number of benzene rings is 3. The number of halogens is 2. The molecule has 1 aromatic heterocycles. The minimum atomic E-state index is -0.651. The van der Waals surface area contributed by atoms with Crippen LogP contribution in [0.1, 0.15) is 34.8 Å². The van der Waals surface area contributed by atoms with Gasteiger partial charge >= 0.3 is 0 Å². The zero-order valence-corrected chi connectivity index (χ0v) is 22.4. The first-order valence-electron chi connectivity index (χ1n) is 12.9. The Kier molecular flexibility index (Phi) is 8.14. The van der Waals surface area contributed by atoms with Gasteiger partial charge in [-0.15, -0.1) is 12.4 Å². The molecule has 2 aliphatic rings. The number of anilines is 1. The smallest absolute Gasteiger partial charge is 0.276 e. The van der Waals surface area contributed by atoms with Crippen LogP contribution in [0.25, 0.3) is 10.9 Å². The van der Waals surface area contributed by atoms with E-state index in [1.807, 2.05) is 58.0 Å². The van der Waals surface area contributed by atoms with Crippen LogP contribution in [0.4, 0.5) is 10.1 Å². The molecule has 1 N–H and O–H groups in total. The highest BCUT2D eigenvalue weighted by Gasteiger charge is 2.28. The van der Waals surface area contributed by atoms with Gasteiger partial charge < -0.3 is 18.9 Å². The molecule has 0 spiro atoms. The van der Waals surface area contributed by atoms with Crippen LogP contribution in [0.2, 0.25) is 0 Å². The molecule has 6 rings (SSSR count). The monoisotopic (exact) mass is 562 g/mol. The van der Waals surface area contributed by atoms with Crippen molar-refractivity contribution in [3.63, 3.8) is 0 Å². The predicted octanol–water partition coefficient (Wildman–Crippen LogP) is 5.29. The summed E-state index contributed by atoms with van der Waals surface area (Å²) in [5, 5.41) is 4.23. The highest BCUT2D eigenvalue weighted by molar-refractivity contribution is 5.98. The lowest BCUT2D eigenvalue weighted by molar-refractivity contribution is 0.0953. The molecule has 0 atom stereocenters. The number of aromatic nitrogens is 1. The summed E-state index contributed by atoms with van der Waals surface area (Å²) in [5.41, 5.74) is 3.62. The maximum atomic E-state index is 15.2. The van der Waals surface area contributed by atoms with Crippen LogP contribution in [0.5, 0.6) is 11.5 Å². The van der Waals surface area contributed by atoms with Crippen molar-refractivity contribution in [3.8, 4) is 11.5 Å². The molecule has 0 radical (unpaired) electrons. The number of hydrogen-bond acceptors (Lipinski definition) is 6. The van der Waals surface area contributed by atoms with E-state index in [0.717, 1.165) is 12.8 Å². The summed E-state index contributed by atoms with van der Waals surface area (Å²) < 4.78 is 28.3. The van der Waals surface area contributed by atoms with Crippen LogP contribution in [-0.2, 0) is 4.74 Å². The molecule has 2 fully saturated rings. The van der Waals surface area contributed by atoms with Crippen molar-refractivity contribution in [3.05, 3.63) is 100 Å². The van der Waals surface area contributed by atoms with E-state index in [1.165, 1.54) is 12.3 Å². The van der Waals surface area contributed by atoms with Crippen LogP contribution in [0, 0.1) is 5.82 Å². The van der Waals surface area contributed by atoms with Crippen molar-refractivity contribution in [2.45, 2.75) is 18.9 Å². The number of ether oxygens (including phenoxy) is 2. The molecule has 8 nitrogen and oxygen atoms in total. The highest BCUT2D eigenvalue weighted by Crippen LogP contribution is 2.38. The van der Waals surface area contributed by atoms with Gasteiger partial charge in [-0.05, 0) is 54.8 Å². The first-order valence-corrected chi connectivity index (χ1v) is 12.9. The molecule has 0 unspecified atom stereocenters. The van der Waals surface area contributed by atoms with E-state index < -0.39 is 17.2 Å². The van der Waals surface area contributed by atoms with Gasteiger partial charge in [-0.25, -0.2) is 9.82 Å². The van der Waals surface area contributed by atoms with Crippen molar-refractivity contribution in [2.24, 2.45) is 5.10 Å². The summed E-state index contributed by atoms with van der Waals surface area (Å²) in [6, 6.07) is 19.8. The van der Waals surface area contributed by atoms with E-state index in [0.29, 0.717) is 54.6 Å². The second kappa shape index (κ2) is 11.9. The lowest BCUT2D eigenvalue weighted by Gasteiger charge is -2.29. The number of pyridine rings is 1. The molecule has 3 aromatic carbocycles. The molecule has 1 amide bonds. The molecule has 4 aromatic rings. The Labute approximate surface area is 236 Å². The van der Waals surface area contributed by atoms with Crippen LogP contribution < -0.4 is 20.5 Å². The zero-order chi connectivity index (χ0) is 26.8. The number of amides is 1. The van der Waals surface area contributed by atoms with Crippen molar-refractivity contribution < 1.29 is 18.7 Å². The van der Waals surface area contributed by atoms with Gasteiger partial charge in [0.05, 0.1) is 30.6 Å². The number of carbonyl (C=O) groups excluding carboxylic acids is 1. The summed E-state index contributed by atoms with van der Waals surface area (Å²) in [7, 11) is 0. The number of hydrogen-bond donors (Lipinski definition) is 1. The lowest BCUT2D eigenvalue weighted by atomic mass is 10.1. The number of rotatable bonds is 7. The Morgan fingerprint density at radius 2 is 1.77 bits per heavy atom. The molecular weight excluding hydrogens is 535 g/mol. The zero-order valence-electron chi connectivity index (χ0n) is 21.6. The van der Waals surface area contributed by atoms with Gasteiger partial charge in [-0.2, -0.15) is 5.10 Å². The molecule has 40 heavy (non-hydrogen) atoms. The molecule has 2 heterocycles. The van der Waals surface area contributed by atoms with Crippen LogP contribution in [0.15, 0.2) is 82.8 Å². The SMILES string of the molecule is Cl.O=C(N/N=C\c1cccc(Oc2ccccc2)c1)c1cn(C2CC2)c2cc(N3CCOCC3)c(F)cc2c1=O. The average molecular weight is 563 g/mol. The Morgan fingerprint density at radius 1 is 1.02 bits per heavy atom. The largest absolute Gasteiger partial charge is 0.457 e. The number of para-hydroxylation sites is 1. The van der Waals surface area contributed by atoms with Crippen molar-refractivity contribution in [1.29, 1.82) is 0 Å². The van der Waals surface area contributed by atoms with E-state index in [4.69, 9.17) is 9.47 Å². The van der Waals surface area contributed by atoms with E-state index in [1.54, 1.807) is 18.3 Å². The van der Waals surface area contributed by atoms with Gasteiger partial charge in [-0.1, -0.05) is 30.3 Å². The van der Waals surface area contributed by atoms with Gasteiger partial charge in [0.2, 0.25) is 5.43 Å². The third kappa shape index (κ3) is 5.85. The van der Waals surface area contributed by atoms with E-state index >= 15 is 4.39 Å². The molecule has 0 bridgehead atoms. The number of morpholine rings is 1. The second-order valence-corrected chi connectivity index (χ2v) is 9.62. The molecular formula is C30H28ClFN4O4. The maximum absolute atomic E-state index is 15.2. The van der Waals surface area contributed by atoms with Gasteiger partial charge in [0.1, 0.15) is 22.9 Å². The Morgan fingerprint density at radius 3 is 2.52 bits per heavy atom. The minimum absolute atomic E-state index is 0. The van der Waals surface area contributed by atoms with Gasteiger partial charge in [-0.3, -0.25) is 9.59 Å². The molecule has 206 valence electrons. The van der Waals surface area contributed by atoms with Gasteiger partial charge in [0.25, 0.3) is 5.91 Å². The van der Waals surface area contributed by atoms with Gasteiger partial charge in [0, 0.05) is 30.7 Å². The van der Waals surface area contributed by atoms with E-state index in [9.17, 15) is 9.59 Å². The highest BCUT2D eigenvalue weighted by atomic mass is 35.5. The fourth-order valence-electron chi connectivity index (χ4n) is 4.73. The molecule has 1 aliphatic carbocycles. The first kappa shape index (κ1) is 27.4. The Bertz CT molecular complexity index is 1620. The minimum Gasteiger partial charge on any atom is -0.457 e. The quantitative estimate of drug-likeness (QED) is 0.244. The van der Waals surface area contributed by atoms with Crippen LogP contribution >= 0.6 is 12.4 Å². The maximum Gasteiger partial charge on any atom is 0.276 e. The molecule has 10 heteroatoms. The number of carbonyl (C=O) groups is 1. The summed E-state index contributed by atoms with van der Waals surface area (Å²) in [6.07, 6.45) is 4.92. The summed E-state index contributed by atoms with van der Waals surface area (Å²) in [5.74, 6) is 0.187. The van der Waals surface area contributed by atoms with E-state index in [-0.39, 0.29) is 29.4 Å². The predicted molar refractivity (Wildman–Crippen MR) is 155 cm³/mol. The van der Waals surface area contributed by atoms with Gasteiger partial charge in [0.15, 0.2) is 0 Å². The van der Waals surface area contributed by atoms with Crippen molar-refractivity contribution in [2.75, 3.05) is 31.2 Å². The molecule has 1 saturated heterocycles. The standard InChI is InChI=1S/C30H27FN4O4.ClH/c31-26-16-24-27(17-28(26)34-11-13-38-14-12-34)35(21-9-10-21)19-25(29(24)36)30(37)33-32-18-20-5-4-8-23(15-20)39-22-6-2-1-3-7-22;/h1-8,15-19,21H,9-14H2,(H,33,37);1H/b32-18-;. The third-order valence-corrected chi connectivity index (χ3v) is 6.85. The van der Waals surface area contributed by atoms with Crippen molar-refractivity contribution in [1.82, 2.24) is 9.99 Å². The topological polar surface area (TPSA) is 85.2 Å². The lowest BCUT2D eigenvalue weighted by Crippen LogP contribution is -2.37. The summed E-state index contributed by atoms with van der Waals surface area (Å²) in [6.45, 7) is 2.21. The average Bonchev–Trinajstić information content (AvgIpc) is 3.80. The fraction of sp³-hybridized carbons (Fsp3) is 0.233. The Balaban J connectivity index is 0.00000323. The number of nitrogens with zero attached hydrogens (tertiary/aromatic N) is 3. The normalized spacial score (nSPS) is 15.2. The number of nitrogens with one attached hydrogen (secondary N) is 1. The summed E-state index contributed by atoms with van der Waals surface area (Å²) >= 11 is 0. The first-order chi connectivity index (χ1) is 19.1. The van der Waals surface area contributed by atoms with E-state index in [2.05, 4.69) is 10.5 Å². The van der Waals surface area contributed by atoms with Crippen LogP contribution in [-0.4, -0.2) is 43.0 Å². The molecule has 1 aliphatic heterocycles. The summed E-state index contributed by atoms with van der Waals surface area (Å²) in [4.78, 5) is 28.3.